The number of hydrogen-bond donors (Lipinski definition) is 2. The summed E-state index contributed by atoms with van der Waals surface area (Å²) < 4.78 is 34.6. The van der Waals surface area contributed by atoms with Crippen molar-refractivity contribution in [3.63, 3.8) is 0 Å². The molecule has 0 heterocycles. The molecular weight excluding hydrogens is 196 g/mol. The number of rotatable bonds is 2. The normalized spacial score (nSPS) is 11.2. The number of aromatic hydroxyl groups is 1. The fraction of sp³-hybridized carbons (Fsp3) is 0.143. The van der Waals surface area contributed by atoms with Crippen molar-refractivity contribution in [2.45, 2.75) is 4.90 Å². The highest BCUT2D eigenvalue weighted by Crippen LogP contribution is 2.27. The first-order valence-electron chi connectivity index (χ1n) is 3.29. The summed E-state index contributed by atoms with van der Waals surface area (Å²) in [5.74, 6) is -0.190. The zero-order valence-corrected chi connectivity index (χ0v) is 7.58. The Labute approximate surface area is 75.3 Å². The predicted molar refractivity (Wildman–Crippen MR) is 44.5 cm³/mol. The third-order valence-electron chi connectivity index (χ3n) is 1.45. The number of hydrogen-bond acceptors (Lipinski definition) is 4. The lowest BCUT2D eigenvalue weighted by atomic mass is 10.3. The maximum absolute atomic E-state index is 10.6. The van der Waals surface area contributed by atoms with Gasteiger partial charge in [0.25, 0.3) is 10.1 Å². The minimum atomic E-state index is -4.24. The van der Waals surface area contributed by atoms with Crippen LogP contribution in [0.3, 0.4) is 0 Å². The van der Waals surface area contributed by atoms with Crippen molar-refractivity contribution in [1.82, 2.24) is 0 Å². The van der Waals surface area contributed by atoms with E-state index >= 15 is 0 Å². The van der Waals surface area contributed by atoms with Crippen molar-refractivity contribution in [1.29, 1.82) is 0 Å². The fourth-order valence-corrected chi connectivity index (χ4v) is 1.31. The van der Waals surface area contributed by atoms with Crippen LogP contribution in [0.15, 0.2) is 23.1 Å². The van der Waals surface area contributed by atoms with Crippen molar-refractivity contribution in [2.24, 2.45) is 0 Å². The Morgan fingerprint density at radius 1 is 1.38 bits per heavy atom. The molecule has 0 unspecified atom stereocenters. The summed E-state index contributed by atoms with van der Waals surface area (Å²) in [6.45, 7) is 0. The van der Waals surface area contributed by atoms with Gasteiger partial charge in [-0.1, -0.05) is 0 Å². The van der Waals surface area contributed by atoms with Gasteiger partial charge < -0.3 is 9.84 Å². The highest BCUT2D eigenvalue weighted by Gasteiger charge is 2.12. The molecule has 6 heteroatoms. The van der Waals surface area contributed by atoms with Gasteiger partial charge in [-0.05, 0) is 12.1 Å². The van der Waals surface area contributed by atoms with Crippen molar-refractivity contribution < 1.29 is 22.8 Å². The number of benzene rings is 1. The zero-order valence-electron chi connectivity index (χ0n) is 6.76. The van der Waals surface area contributed by atoms with Crippen LogP contribution in [0.25, 0.3) is 0 Å². The van der Waals surface area contributed by atoms with E-state index in [1.807, 2.05) is 0 Å². The Hall–Kier alpha value is -1.27. The molecule has 2 N–H and O–H groups in total. The van der Waals surface area contributed by atoms with Gasteiger partial charge in [0.1, 0.15) is 0 Å². The predicted octanol–water partition coefficient (Wildman–Crippen LogP) is 0.647. The van der Waals surface area contributed by atoms with E-state index in [4.69, 9.17) is 9.66 Å². The average molecular weight is 204 g/mol. The van der Waals surface area contributed by atoms with Crippen molar-refractivity contribution in [2.75, 3.05) is 7.11 Å². The standard InChI is InChI=1S/C7H8O5S/c1-12-7-4-5(13(9,10)11)2-3-6(7)8/h2-4,8H,1H3,(H,9,10,11). The largest absolute Gasteiger partial charge is 0.504 e. The summed E-state index contributed by atoms with van der Waals surface area (Å²) in [4.78, 5) is -0.317. The third-order valence-corrected chi connectivity index (χ3v) is 2.30. The minimum Gasteiger partial charge on any atom is -0.504 e. The van der Waals surface area contributed by atoms with Crippen LogP contribution in [0, 0.1) is 0 Å². The molecule has 0 aliphatic rings. The number of phenols is 1. The number of methoxy groups -OCH3 is 1. The van der Waals surface area contributed by atoms with E-state index in [1.165, 1.54) is 7.11 Å². The monoisotopic (exact) mass is 204 g/mol. The maximum atomic E-state index is 10.6. The third kappa shape index (κ3) is 2.10. The smallest absolute Gasteiger partial charge is 0.294 e. The lowest BCUT2D eigenvalue weighted by Crippen LogP contribution is -1.98. The van der Waals surface area contributed by atoms with Crippen LogP contribution in [-0.2, 0) is 10.1 Å². The molecule has 1 rings (SSSR count). The Morgan fingerprint density at radius 2 is 2.00 bits per heavy atom. The summed E-state index contributed by atoms with van der Waals surface area (Å²) in [7, 11) is -2.96. The molecule has 0 aromatic heterocycles. The van der Waals surface area contributed by atoms with E-state index in [0.29, 0.717) is 0 Å². The summed E-state index contributed by atoms with van der Waals surface area (Å²) in [6, 6.07) is 3.24. The van der Waals surface area contributed by atoms with Crippen LogP contribution in [0.4, 0.5) is 0 Å². The molecule has 0 aliphatic heterocycles. The van der Waals surface area contributed by atoms with Crippen molar-refractivity contribution in [3.05, 3.63) is 18.2 Å². The molecule has 0 atom stereocenters. The molecule has 0 spiro atoms. The molecule has 13 heavy (non-hydrogen) atoms. The molecule has 5 nitrogen and oxygen atoms in total. The molecule has 0 fully saturated rings. The van der Waals surface area contributed by atoms with Crippen molar-refractivity contribution in [3.8, 4) is 11.5 Å². The average Bonchev–Trinajstić information content (AvgIpc) is 2.03. The first-order valence-corrected chi connectivity index (χ1v) is 4.73. The van der Waals surface area contributed by atoms with E-state index in [1.54, 1.807) is 0 Å². The molecule has 0 amide bonds. The second-order valence-electron chi connectivity index (χ2n) is 2.31. The zero-order chi connectivity index (χ0) is 10.1. The molecular formula is C7H8O5S. The molecule has 0 radical (unpaired) electrons. The van der Waals surface area contributed by atoms with Gasteiger partial charge in [0.05, 0.1) is 12.0 Å². The van der Waals surface area contributed by atoms with Crippen LogP contribution in [0.2, 0.25) is 0 Å². The van der Waals surface area contributed by atoms with Crippen LogP contribution >= 0.6 is 0 Å². The van der Waals surface area contributed by atoms with E-state index in [9.17, 15) is 8.42 Å². The summed E-state index contributed by atoms with van der Waals surface area (Å²) >= 11 is 0. The highest BCUT2D eigenvalue weighted by molar-refractivity contribution is 7.85. The first-order chi connectivity index (χ1) is 5.95. The lowest BCUT2D eigenvalue weighted by Gasteiger charge is -2.03. The fourth-order valence-electron chi connectivity index (χ4n) is 0.818. The SMILES string of the molecule is COc1cc(S(=O)(=O)O)ccc1O. The van der Waals surface area contributed by atoms with Gasteiger partial charge in [0, 0.05) is 6.07 Å². The van der Waals surface area contributed by atoms with E-state index < -0.39 is 10.1 Å². The second-order valence-corrected chi connectivity index (χ2v) is 3.73. The van der Waals surface area contributed by atoms with E-state index in [0.717, 1.165) is 18.2 Å². The van der Waals surface area contributed by atoms with Gasteiger partial charge in [-0.25, -0.2) is 0 Å². The second kappa shape index (κ2) is 3.23. The number of ether oxygens (including phenoxy) is 1. The van der Waals surface area contributed by atoms with Gasteiger partial charge in [-0.2, -0.15) is 8.42 Å². The Morgan fingerprint density at radius 3 is 2.46 bits per heavy atom. The van der Waals surface area contributed by atoms with Gasteiger partial charge in [-0.15, -0.1) is 0 Å². The van der Waals surface area contributed by atoms with Crippen LogP contribution in [0.5, 0.6) is 11.5 Å². The van der Waals surface area contributed by atoms with Crippen LogP contribution in [-0.4, -0.2) is 25.2 Å². The van der Waals surface area contributed by atoms with E-state index in [2.05, 4.69) is 4.74 Å². The topological polar surface area (TPSA) is 83.8 Å². The molecule has 0 aliphatic carbocycles. The molecule has 0 saturated carbocycles. The Bertz CT molecular complexity index is 409. The summed E-state index contributed by atoms with van der Waals surface area (Å²) in [5, 5.41) is 9.10. The van der Waals surface area contributed by atoms with Gasteiger partial charge in [-0.3, -0.25) is 4.55 Å². The molecule has 1 aromatic rings. The Kier molecular flexibility index (Phi) is 2.44. The van der Waals surface area contributed by atoms with E-state index in [-0.39, 0.29) is 16.4 Å². The van der Waals surface area contributed by atoms with Gasteiger partial charge in [0.15, 0.2) is 11.5 Å². The van der Waals surface area contributed by atoms with Crippen molar-refractivity contribution >= 4 is 10.1 Å². The molecule has 1 aromatic carbocycles. The maximum Gasteiger partial charge on any atom is 0.294 e. The minimum absolute atomic E-state index is 0.00451. The number of phenolic OH excluding ortho intramolecular Hbond substituents is 1. The lowest BCUT2D eigenvalue weighted by molar-refractivity contribution is 0.371. The van der Waals surface area contributed by atoms with Gasteiger partial charge >= 0.3 is 0 Å². The first kappa shape index (κ1) is 9.82. The van der Waals surface area contributed by atoms with Crippen LogP contribution < -0.4 is 4.74 Å². The summed E-state index contributed by atoms with van der Waals surface area (Å²) in [6.07, 6.45) is 0. The van der Waals surface area contributed by atoms with Gasteiger partial charge in [0.2, 0.25) is 0 Å². The quantitative estimate of drug-likeness (QED) is 0.691. The van der Waals surface area contributed by atoms with Crippen LogP contribution in [0.1, 0.15) is 0 Å². The highest BCUT2D eigenvalue weighted by atomic mass is 32.2. The molecule has 0 saturated heterocycles. The molecule has 72 valence electrons. The summed E-state index contributed by atoms with van der Waals surface area (Å²) in [5.41, 5.74) is 0. The molecule has 0 bridgehead atoms. The Balaban J connectivity index is 3.30.